The molecule has 15 heavy (non-hydrogen) atoms. The Morgan fingerprint density at radius 3 is 2.73 bits per heavy atom. The van der Waals surface area contributed by atoms with Crippen molar-refractivity contribution in [3.8, 4) is 0 Å². The minimum Gasteiger partial charge on any atom is -0.371 e. The molecule has 0 aliphatic carbocycles. The molecule has 1 rings (SSSR count). The minimum absolute atomic E-state index is 0.0244. The fraction of sp³-hybridized carbons (Fsp3) is 0.417. The number of benzene rings is 1. The molecule has 1 aromatic rings. The summed E-state index contributed by atoms with van der Waals surface area (Å²) >= 11 is 5.93. The van der Waals surface area contributed by atoms with Gasteiger partial charge in [-0.15, -0.1) is 0 Å². The van der Waals surface area contributed by atoms with Crippen LogP contribution in [-0.4, -0.2) is 18.5 Å². The molecule has 0 bridgehead atoms. The zero-order valence-electron chi connectivity index (χ0n) is 9.21. The van der Waals surface area contributed by atoms with Crippen molar-refractivity contribution in [3.05, 3.63) is 34.3 Å². The van der Waals surface area contributed by atoms with Crippen LogP contribution in [0, 0.1) is 6.92 Å². The molecule has 0 fully saturated rings. The number of Topliss-reactive ketones (excluding diaryl/α,β-unsaturated/α-hetero) is 1. The predicted octanol–water partition coefficient (Wildman–Crippen LogP) is 3.26. The lowest BCUT2D eigenvalue weighted by atomic mass is 10.1. The van der Waals surface area contributed by atoms with Gasteiger partial charge in [-0.1, -0.05) is 23.7 Å². The molecule has 0 aromatic heterocycles. The lowest BCUT2D eigenvalue weighted by Crippen LogP contribution is -2.14. The van der Waals surface area contributed by atoms with E-state index in [2.05, 4.69) is 0 Å². The Morgan fingerprint density at radius 1 is 1.47 bits per heavy atom. The van der Waals surface area contributed by atoms with E-state index < -0.39 is 0 Å². The van der Waals surface area contributed by atoms with Crippen molar-refractivity contribution in [3.63, 3.8) is 0 Å². The van der Waals surface area contributed by atoms with Crippen molar-refractivity contribution in [1.82, 2.24) is 0 Å². The maximum atomic E-state index is 11.7. The van der Waals surface area contributed by atoms with Crippen LogP contribution >= 0.6 is 11.6 Å². The third-order valence-electron chi connectivity index (χ3n) is 2.12. The van der Waals surface area contributed by atoms with Crippen molar-refractivity contribution in [2.45, 2.75) is 26.9 Å². The third-order valence-corrected chi connectivity index (χ3v) is 2.53. The SMILES string of the molecule is Cc1c(Cl)cccc1C(=O)COC(C)C. The van der Waals surface area contributed by atoms with Crippen molar-refractivity contribution in [1.29, 1.82) is 0 Å². The monoisotopic (exact) mass is 226 g/mol. The molecule has 0 unspecified atom stereocenters. The van der Waals surface area contributed by atoms with Gasteiger partial charge in [0.2, 0.25) is 0 Å². The van der Waals surface area contributed by atoms with Crippen LogP contribution in [0.5, 0.6) is 0 Å². The zero-order chi connectivity index (χ0) is 11.4. The van der Waals surface area contributed by atoms with Crippen molar-refractivity contribution in [2.24, 2.45) is 0 Å². The molecule has 82 valence electrons. The van der Waals surface area contributed by atoms with Crippen molar-refractivity contribution >= 4 is 17.4 Å². The minimum atomic E-state index is -0.0244. The van der Waals surface area contributed by atoms with Crippen LogP contribution in [0.4, 0.5) is 0 Å². The van der Waals surface area contributed by atoms with E-state index >= 15 is 0 Å². The van der Waals surface area contributed by atoms with Crippen molar-refractivity contribution < 1.29 is 9.53 Å². The second-order valence-electron chi connectivity index (χ2n) is 3.70. The number of carbonyl (C=O) groups is 1. The number of halogens is 1. The molecule has 0 atom stereocenters. The second-order valence-corrected chi connectivity index (χ2v) is 4.10. The first-order valence-electron chi connectivity index (χ1n) is 4.92. The molecule has 0 saturated carbocycles. The van der Waals surface area contributed by atoms with Gasteiger partial charge in [-0.3, -0.25) is 4.79 Å². The van der Waals surface area contributed by atoms with Gasteiger partial charge in [0.15, 0.2) is 5.78 Å². The number of hydrogen-bond donors (Lipinski definition) is 0. The Hall–Kier alpha value is -0.860. The van der Waals surface area contributed by atoms with Gasteiger partial charge in [0, 0.05) is 10.6 Å². The molecule has 0 heterocycles. The topological polar surface area (TPSA) is 26.3 Å². The van der Waals surface area contributed by atoms with E-state index in [4.69, 9.17) is 16.3 Å². The summed E-state index contributed by atoms with van der Waals surface area (Å²) in [6.07, 6.45) is 0.0634. The maximum Gasteiger partial charge on any atom is 0.188 e. The molecule has 1 aromatic carbocycles. The average Bonchev–Trinajstić information content (AvgIpc) is 2.18. The van der Waals surface area contributed by atoms with E-state index in [1.807, 2.05) is 20.8 Å². The Balaban J connectivity index is 2.78. The van der Waals surface area contributed by atoms with E-state index in [0.717, 1.165) is 5.56 Å². The Labute approximate surface area is 95.2 Å². The van der Waals surface area contributed by atoms with Gasteiger partial charge in [-0.2, -0.15) is 0 Å². The summed E-state index contributed by atoms with van der Waals surface area (Å²) in [7, 11) is 0. The van der Waals surface area contributed by atoms with E-state index in [1.165, 1.54) is 0 Å². The Kier molecular flexibility index (Phi) is 4.30. The predicted molar refractivity (Wildman–Crippen MR) is 61.6 cm³/mol. The van der Waals surface area contributed by atoms with E-state index in [-0.39, 0.29) is 18.5 Å². The number of rotatable bonds is 4. The molecule has 0 spiro atoms. The number of ether oxygens (including phenoxy) is 1. The Morgan fingerprint density at radius 2 is 2.13 bits per heavy atom. The largest absolute Gasteiger partial charge is 0.371 e. The third kappa shape index (κ3) is 3.33. The summed E-state index contributed by atoms with van der Waals surface area (Å²) < 4.78 is 5.26. The van der Waals surface area contributed by atoms with E-state index in [9.17, 15) is 4.79 Å². The first-order valence-corrected chi connectivity index (χ1v) is 5.30. The van der Waals surface area contributed by atoms with E-state index in [0.29, 0.717) is 10.6 Å². The molecule has 0 radical (unpaired) electrons. The standard InChI is InChI=1S/C12H15ClO2/c1-8(2)15-7-12(14)10-5-4-6-11(13)9(10)3/h4-6,8H,7H2,1-3H3. The fourth-order valence-electron chi connectivity index (χ4n) is 1.23. The van der Waals surface area contributed by atoms with Crippen LogP contribution in [0.3, 0.4) is 0 Å². The molecular formula is C12H15ClO2. The van der Waals surface area contributed by atoms with Crippen LogP contribution in [0.15, 0.2) is 18.2 Å². The zero-order valence-corrected chi connectivity index (χ0v) is 9.97. The summed E-state index contributed by atoms with van der Waals surface area (Å²) in [4.78, 5) is 11.7. The summed E-state index contributed by atoms with van der Waals surface area (Å²) in [5.74, 6) is -0.0244. The lowest BCUT2D eigenvalue weighted by Gasteiger charge is -2.09. The van der Waals surface area contributed by atoms with Crippen LogP contribution in [0.2, 0.25) is 5.02 Å². The first kappa shape index (κ1) is 12.2. The quantitative estimate of drug-likeness (QED) is 0.737. The fourth-order valence-corrected chi connectivity index (χ4v) is 1.40. The second kappa shape index (κ2) is 5.29. The number of hydrogen-bond acceptors (Lipinski definition) is 2. The molecule has 0 saturated heterocycles. The highest BCUT2D eigenvalue weighted by atomic mass is 35.5. The van der Waals surface area contributed by atoms with Gasteiger partial charge in [-0.25, -0.2) is 0 Å². The summed E-state index contributed by atoms with van der Waals surface area (Å²) in [5.41, 5.74) is 1.46. The molecule has 0 N–H and O–H groups in total. The van der Waals surface area contributed by atoms with Gasteiger partial charge in [0.05, 0.1) is 6.10 Å². The van der Waals surface area contributed by atoms with Crippen LogP contribution in [-0.2, 0) is 4.74 Å². The molecule has 0 aliphatic rings. The summed E-state index contributed by atoms with van der Waals surface area (Å²) in [5, 5.41) is 0.616. The van der Waals surface area contributed by atoms with Crippen LogP contribution in [0.25, 0.3) is 0 Å². The maximum absolute atomic E-state index is 11.7. The lowest BCUT2D eigenvalue weighted by molar-refractivity contribution is 0.0584. The van der Waals surface area contributed by atoms with Gasteiger partial charge < -0.3 is 4.74 Å². The molecule has 3 heteroatoms. The van der Waals surface area contributed by atoms with Crippen molar-refractivity contribution in [2.75, 3.05) is 6.61 Å². The number of ketones is 1. The number of carbonyl (C=O) groups excluding carboxylic acids is 1. The van der Waals surface area contributed by atoms with Gasteiger partial charge in [0.25, 0.3) is 0 Å². The van der Waals surface area contributed by atoms with Crippen LogP contribution in [0.1, 0.15) is 29.8 Å². The van der Waals surface area contributed by atoms with Gasteiger partial charge >= 0.3 is 0 Å². The highest BCUT2D eigenvalue weighted by molar-refractivity contribution is 6.31. The van der Waals surface area contributed by atoms with Gasteiger partial charge in [-0.05, 0) is 32.4 Å². The molecule has 2 nitrogen and oxygen atoms in total. The first-order chi connectivity index (χ1) is 7.02. The average molecular weight is 227 g/mol. The molecule has 0 amide bonds. The highest BCUT2D eigenvalue weighted by Crippen LogP contribution is 2.19. The smallest absolute Gasteiger partial charge is 0.188 e. The molecule has 0 aliphatic heterocycles. The molecular weight excluding hydrogens is 212 g/mol. The summed E-state index contributed by atoms with van der Waals surface area (Å²) in [6, 6.07) is 5.32. The normalized spacial score (nSPS) is 10.7. The summed E-state index contributed by atoms with van der Waals surface area (Å²) in [6.45, 7) is 5.75. The van der Waals surface area contributed by atoms with E-state index in [1.54, 1.807) is 18.2 Å². The Bertz CT molecular complexity index is 359. The highest BCUT2D eigenvalue weighted by Gasteiger charge is 2.11. The van der Waals surface area contributed by atoms with Crippen LogP contribution < -0.4 is 0 Å². The van der Waals surface area contributed by atoms with Gasteiger partial charge in [0.1, 0.15) is 6.61 Å².